The third-order valence-corrected chi connectivity index (χ3v) is 1.78. The highest BCUT2D eigenvalue weighted by Gasteiger charge is 2.16. The molecule has 3 nitrogen and oxygen atoms in total. The van der Waals surface area contributed by atoms with E-state index in [0.717, 1.165) is 12.1 Å². The minimum absolute atomic E-state index is 0.296. The summed E-state index contributed by atoms with van der Waals surface area (Å²) in [6.45, 7) is 1.42. The van der Waals surface area contributed by atoms with Crippen molar-refractivity contribution in [2.24, 2.45) is 5.73 Å². The first kappa shape index (κ1) is 10.6. The van der Waals surface area contributed by atoms with E-state index in [4.69, 9.17) is 10.8 Å². The topological polar surface area (TPSA) is 63.3 Å². The number of rotatable bonds is 2. The van der Waals surface area contributed by atoms with Crippen LogP contribution in [-0.4, -0.2) is 11.1 Å². The van der Waals surface area contributed by atoms with E-state index in [-0.39, 0.29) is 5.56 Å². The number of nitrogens with two attached hydrogens (primary N) is 1. The molecule has 0 aliphatic rings. The molecule has 0 aromatic heterocycles. The van der Waals surface area contributed by atoms with Gasteiger partial charge in [-0.15, -0.1) is 0 Å². The lowest BCUT2D eigenvalue weighted by atomic mass is 10.0. The first-order valence-corrected chi connectivity index (χ1v) is 3.91. The summed E-state index contributed by atoms with van der Waals surface area (Å²) >= 11 is 0. The maximum atomic E-state index is 13.1. The number of carboxylic acid groups (broad SMARTS) is 1. The van der Waals surface area contributed by atoms with E-state index < -0.39 is 29.2 Å². The second-order valence-corrected chi connectivity index (χ2v) is 2.95. The molecule has 1 atom stereocenters. The van der Waals surface area contributed by atoms with Crippen molar-refractivity contribution in [3.8, 4) is 0 Å². The molecule has 0 radical (unpaired) electrons. The van der Waals surface area contributed by atoms with Crippen LogP contribution in [0, 0.1) is 11.6 Å². The summed E-state index contributed by atoms with van der Waals surface area (Å²) in [4.78, 5) is 10.4. The summed E-state index contributed by atoms with van der Waals surface area (Å²) < 4.78 is 26.3. The van der Waals surface area contributed by atoms with E-state index in [1.165, 1.54) is 6.92 Å². The van der Waals surface area contributed by atoms with Crippen LogP contribution in [0.4, 0.5) is 8.78 Å². The van der Waals surface area contributed by atoms with Crippen molar-refractivity contribution in [2.75, 3.05) is 0 Å². The second-order valence-electron chi connectivity index (χ2n) is 2.95. The minimum Gasteiger partial charge on any atom is -0.478 e. The zero-order chi connectivity index (χ0) is 10.9. The van der Waals surface area contributed by atoms with Gasteiger partial charge in [0.05, 0.1) is 5.56 Å². The van der Waals surface area contributed by atoms with Crippen LogP contribution >= 0.6 is 0 Å². The molecule has 1 aromatic carbocycles. The smallest absolute Gasteiger partial charge is 0.335 e. The average molecular weight is 201 g/mol. The van der Waals surface area contributed by atoms with Crippen LogP contribution in [-0.2, 0) is 0 Å². The molecule has 0 aliphatic heterocycles. The lowest BCUT2D eigenvalue weighted by Gasteiger charge is -2.09. The Morgan fingerprint density at radius 3 is 2.14 bits per heavy atom. The Bertz CT molecular complexity index is 354. The van der Waals surface area contributed by atoms with Gasteiger partial charge in [0.25, 0.3) is 0 Å². The lowest BCUT2D eigenvalue weighted by Crippen LogP contribution is -2.11. The standard InChI is InChI=1S/C9H9F2NO2/c1-4(12)8-6(10)2-5(9(13)14)3-7(8)11/h2-4H,12H2,1H3,(H,13,14). The number of aromatic carboxylic acids is 1. The molecule has 0 saturated carbocycles. The molecule has 0 saturated heterocycles. The molecule has 5 heteroatoms. The Kier molecular flexibility index (Phi) is 2.81. The average Bonchev–Trinajstić information content (AvgIpc) is 2.01. The molecule has 0 aliphatic carbocycles. The quantitative estimate of drug-likeness (QED) is 0.765. The van der Waals surface area contributed by atoms with Gasteiger partial charge in [0.2, 0.25) is 0 Å². The SMILES string of the molecule is CC(N)c1c(F)cc(C(=O)O)cc1F. The highest BCUT2D eigenvalue weighted by atomic mass is 19.1. The Labute approximate surface area is 79.2 Å². The van der Waals surface area contributed by atoms with Gasteiger partial charge in [-0.1, -0.05) is 0 Å². The third-order valence-electron chi connectivity index (χ3n) is 1.78. The van der Waals surface area contributed by atoms with Crippen LogP contribution in [0.5, 0.6) is 0 Å². The normalized spacial score (nSPS) is 12.6. The lowest BCUT2D eigenvalue weighted by molar-refractivity contribution is 0.0695. The highest BCUT2D eigenvalue weighted by Crippen LogP contribution is 2.20. The zero-order valence-electron chi connectivity index (χ0n) is 7.42. The van der Waals surface area contributed by atoms with Gasteiger partial charge in [0.1, 0.15) is 11.6 Å². The number of carbonyl (C=O) groups is 1. The monoisotopic (exact) mass is 201 g/mol. The maximum absolute atomic E-state index is 13.1. The zero-order valence-corrected chi connectivity index (χ0v) is 7.42. The molecule has 0 bridgehead atoms. The van der Waals surface area contributed by atoms with E-state index in [1.807, 2.05) is 0 Å². The highest BCUT2D eigenvalue weighted by molar-refractivity contribution is 5.87. The first-order valence-electron chi connectivity index (χ1n) is 3.91. The Hall–Kier alpha value is -1.49. The Balaban J connectivity index is 3.32. The predicted molar refractivity (Wildman–Crippen MR) is 45.9 cm³/mol. The summed E-state index contributed by atoms with van der Waals surface area (Å²) in [5.74, 6) is -3.24. The number of carboxylic acids is 1. The van der Waals surface area contributed by atoms with Crippen molar-refractivity contribution in [1.29, 1.82) is 0 Å². The summed E-state index contributed by atoms with van der Waals surface area (Å²) in [5, 5.41) is 8.50. The van der Waals surface area contributed by atoms with Gasteiger partial charge in [-0.2, -0.15) is 0 Å². The molecular formula is C9H9F2NO2. The molecule has 0 spiro atoms. The van der Waals surface area contributed by atoms with Gasteiger partial charge < -0.3 is 10.8 Å². The molecule has 76 valence electrons. The summed E-state index contributed by atoms with van der Waals surface area (Å²) in [6.07, 6.45) is 0. The van der Waals surface area contributed by atoms with Gasteiger partial charge in [-0.3, -0.25) is 0 Å². The Morgan fingerprint density at radius 1 is 1.43 bits per heavy atom. The second kappa shape index (κ2) is 3.71. The van der Waals surface area contributed by atoms with Crippen molar-refractivity contribution in [1.82, 2.24) is 0 Å². The molecule has 1 aromatic rings. The molecule has 1 rings (SSSR count). The summed E-state index contributed by atoms with van der Waals surface area (Å²) in [6, 6.07) is 0.701. The number of benzene rings is 1. The first-order chi connectivity index (χ1) is 6.43. The van der Waals surface area contributed by atoms with Gasteiger partial charge in [-0.25, -0.2) is 13.6 Å². The molecule has 0 heterocycles. The number of halogens is 2. The van der Waals surface area contributed by atoms with Gasteiger partial charge in [0, 0.05) is 11.6 Å². The maximum Gasteiger partial charge on any atom is 0.335 e. The molecule has 3 N–H and O–H groups in total. The van der Waals surface area contributed by atoms with Crippen LogP contribution in [0.25, 0.3) is 0 Å². The van der Waals surface area contributed by atoms with E-state index in [0.29, 0.717) is 0 Å². The molecular weight excluding hydrogens is 192 g/mol. The van der Waals surface area contributed by atoms with Crippen molar-refractivity contribution >= 4 is 5.97 Å². The van der Waals surface area contributed by atoms with Crippen molar-refractivity contribution in [2.45, 2.75) is 13.0 Å². The van der Waals surface area contributed by atoms with Crippen LogP contribution in [0.2, 0.25) is 0 Å². The minimum atomic E-state index is -1.38. The van der Waals surface area contributed by atoms with Crippen molar-refractivity contribution < 1.29 is 18.7 Å². The van der Waals surface area contributed by atoms with Crippen molar-refractivity contribution in [3.63, 3.8) is 0 Å². The van der Waals surface area contributed by atoms with E-state index in [9.17, 15) is 13.6 Å². The van der Waals surface area contributed by atoms with E-state index >= 15 is 0 Å². The molecule has 1 unspecified atom stereocenters. The van der Waals surface area contributed by atoms with Gasteiger partial charge in [0.15, 0.2) is 0 Å². The largest absolute Gasteiger partial charge is 0.478 e. The van der Waals surface area contributed by atoms with Crippen LogP contribution in [0.3, 0.4) is 0 Å². The third kappa shape index (κ3) is 1.88. The fraction of sp³-hybridized carbons (Fsp3) is 0.222. The summed E-state index contributed by atoms with van der Waals surface area (Å²) in [7, 11) is 0. The fourth-order valence-electron chi connectivity index (χ4n) is 1.14. The van der Waals surface area contributed by atoms with Crippen molar-refractivity contribution in [3.05, 3.63) is 34.9 Å². The molecule has 14 heavy (non-hydrogen) atoms. The van der Waals surface area contributed by atoms with Crippen LogP contribution in [0.15, 0.2) is 12.1 Å². The van der Waals surface area contributed by atoms with Gasteiger partial charge >= 0.3 is 5.97 Å². The molecule has 0 amide bonds. The summed E-state index contributed by atoms with van der Waals surface area (Å²) in [5.41, 5.74) is 4.59. The molecule has 0 fully saturated rings. The predicted octanol–water partition coefficient (Wildman–Crippen LogP) is 1.68. The number of hydrogen-bond donors (Lipinski definition) is 2. The van der Waals surface area contributed by atoms with Crippen LogP contribution < -0.4 is 5.73 Å². The Morgan fingerprint density at radius 2 is 1.86 bits per heavy atom. The van der Waals surface area contributed by atoms with Gasteiger partial charge in [-0.05, 0) is 19.1 Å². The van der Waals surface area contributed by atoms with E-state index in [2.05, 4.69) is 0 Å². The fourth-order valence-corrected chi connectivity index (χ4v) is 1.14. The van der Waals surface area contributed by atoms with Crippen LogP contribution in [0.1, 0.15) is 28.9 Å². The number of hydrogen-bond acceptors (Lipinski definition) is 2. The van der Waals surface area contributed by atoms with E-state index in [1.54, 1.807) is 0 Å².